The standard InChI is InChI=1S/C16H29NO4/c1-6-7-8-9-10-11-12-13(14(18)20-5)17-15(19)21-16(2,3)4/h9-10,13H,6-8,11-12H2,1-5H3,(H,17,19). The second kappa shape index (κ2) is 10.2. The number of methoxy groups -OCH3 is 1. The molecule has 0 aliphatic rings. The molecule has 0 aromatic rings. The summed E-state index contributed by atoms with van der Waals surface area (Å²) in [6.45, 7) is 7.47. The van der Waals surface area contributed by atoms with Crippen molar-refractivity contribution in [3.05, 3.63) is 12.2 Å². The number of nitrogens with one attached hydrogen (secondary N) is 1. The fourth-order valence-corrected chi connectivity index (χ4v) is 1.66. The monoisotopic (exact) mass is 299 g/mol. The van der Waals surface area contributed by atoms with Crippen LogP contribution in [0.25, 0.3) is 0 Å². The molecule has 0 aromatic carbocycles. The minimum absolute atomic E-state index is 0.456. The number of allylic oxidation sites excluding steroid dienone is 2. The maximum Gasteiger partial charge on any atom is 0.408 e. The molecule has 0 spiro atoms. The van der Waals surface area contributed by atoms with Crippen molar-refractivity contribution in [1.82, 2.24) is 5.32 Å². The van der Waals surface area contributed by atoms with Gasteiger partial charge in [0.25, 0.3) is 0 Å². The topological polar surface area (TPSA) is 64.6 Å². The Hall–Kier alpha value is -1.52. The molecule has 122 valence electrons. The van der Waals surface area contributed by atoms with E-state index in [-0.39, 0.29) is 0 Å². The van der Waals surface area contributed by atoms with Gasteiger partial charge in [0.2, 0.25) is 0 Å². The van der Waals surface area contributed by atoms with Gasteiger partial charge in [-0.15, -0.1) is 0 Å². The third-order valence-corrected chi connectivity index (χ3v) is 2.69. The quantitative estimate of drug-likeness (QED) is 0.423. The van der Waals surface area contributed by atoms with Gasteiger partial charge in [-0.1, -0.05) is 31.9 Å². The van der Waals surface area contributed by atoms with E-state index in [1.165, 1.54) is 7.11 Å². The summed E-state index contributed by atoms with van der Waals surface area (Å²) in [6.07, 6.45) is 8.09. The van der Waals surface area contributed by atoms with Gasteiger partial charge in [0.1, 0.15) is 11.6 Å². The summed E-state index contributed by atoms with van der Waals surface area (Å²) in [4.78, 5) is 23.4. The molecule has 0 aromatic heterocycles. The van der Waals surface area contributed by atoms with Gasteiger partial charge < -0.3 is 14.8 Å². The molecule has 1 atom stereocenters. The number of unbranched alkanes of at least 4 members (excludes halogenated alkanes) is 2. The molecule has 5 heteroatoms. The van der Waals surface area contributed by atoms with Crippen molar-refractivity contribution in [1.29, 1.82) is 0 Å². The summed E-state index contributed by atoms with van der Waals surface area (Å²) in [5, 5.41) is 2.56. The molecule has 0 rings (SSSR count). The molecule has 1 unspecified atom stereocenters. The predicted molar refractivity (Wildman–Crippen MR) is 83.1 cm³/mol. The first kappa shape index (κ1) is 19.5. The summed E-state index contributed by atoms with van der Waals surface area (Å²) in [5.41, 5.74) is -0.592. The second-order valence-corrected chi connectivity index (χ2v) is 5.91. The summed E-state index contributed by atoms with van der Waals surface area (Å²) in [6, 6.07) is -0.680. The number of alkyl carbamates (subject to hydrolysis) is 1. The van der Waals surface area contributed by atoms with Crippen LogP contribution >= 0.6 is 0 Å². The summed E-state index contributed by atoms with van der Waals surface area (Å²) >= 11 is 0. The van der Waals surface area contributed by atoms with Crippen LogP contribution in [0.5, 0.6) is 0 Å². The summed E-state index contributed by atoms with van der Waals surface area (Å²) in [7, 11) is 1.31. The van der Waals surface area contributed by atoms with Crippen LogP contribution in [0.1, 0.15) is 59.8 Å². The number of rotatable bonds is 8. The highest BCUT2D eigenvalue weighted by molar-refractivity contribution is 5.81. The zero-order valence-corrected chi connectivity index (χ0v) is 13.9. The second-order valence-electron chi connectivity index (χ2n) is 5.91. The van der Waals surface area contributed by atoms with E-state index in [2.05, 4.69) is 18.3 Å². The lowest BCUT2D eigenvalue weighted by Gasteiger charge is -2.22. The predicted octanol–water partition coefficient (Wildman–Crippen LogP) is 3.58. The van der Waals surface area contributed by atoms with Gasteiger partial charge in [-0.2, -0.15) is 0 Å². The molecule has 0 bridgehead atoms. The van der Waals surface area contributed by atoms with E-state index in [9.17, 15) is 9.59 Å². The lowest BCUT2D eigenvalue weighted by Crippen LogP contribution is -2.43. The highest BCUT2D eigenvalue weighted by atomic mass is 16.6. The first-order valence-electron chi connectivity index (χ1n) is 7.52. The van der Waals surface area contributed by atoms with Gasteiger partial charge in [0, 0.05) is 0 Å². The molecular formula is C16H29NO4. The maximum absolute atomic E-state index is 11.7. The average molecular weight is 299 g/mol. The van der Waals surface area contributed by atoms with Crippen LogP contribution in [0.3, 0.4) is 0 Å². The molecule has 0 aliphatic carbocycles. The highest BCUT2D eigenvalue weighted by Gasteiger charge is 2.24. The van der Waals surface area contributed by atoms with Crippen LogP contribution in [-0.4, -0.2) is 30.8 Å². The molecule has 0 fully saturated rings. The Labute approximate surface area is 128 Å². The number of amides is 1. The van der Waals surface area contributed by atoms with Crippen molar-refractivity contribution in [2.45, 2.75) is 71.4 Å². The van der Waals surface area contributed by atoms with E-state index in [1.807, 2.05) is 6.08 Å². The first-order valence-corrected chi connectivity index (χ1v) is 7.52. The fourth-order valence-electron chi connectivity index (χ4n) is 1.66. The Morgan fingerprint density at radius 3 is 2.33 bits per heavy atom. The Morgan fingerprint density at radius 2 is 1.81 bits per heavy atom. The minimum Gasteiger partial charge on any atom is -0.467 e. The Morgan fingerprint density at radius 1 is 1.19 bits per heavy atom. The van der Waals surface area contributed by atoms with Crippen LogP contribution in [0.15, 0.2) is 12.2 Å². The fraction of sp³-hybridized carbons (Fsp3) is 0.750. The Balaban J connectivity index is 4.30. The largest absolute Gasteiger partial charge is 0.467 e. The number of carbonyl (C=O) groups excluding carboxylic acids is 2. The smallest absolute Gasteiger partial charge is 0.408 e. The van der Waals surface area contributed by atoms with Gasteiger partial charge in [-0.25, -0.2) is 9.59 Å². The molecule has 1 N–H and O–H groups in total. The zero-order valence-electron chi connectivity index (χ0n) is 13.9. The van der Waals surface area contributed by atoms with Gasteiger partial charge in [-0.3, -0.25) is 0 Å². The van der Waals surface area contributed by atoms with Gasteiger partial charge in [-0.05, 0) is 40.0 Å². The van der Waals surface area contributed by atoms with E-state index in [0.717, 1.165) is 19.3 Å². The SMILES string of the molecule is CCCCC=CCCC(NC(=O)OC(C)(C)C)C(=O)OC. The lowest BCUT2D eigenvalue weighted by molar-refractivity contribution is -0.143. The van der Waals surface area contributed by atoms with Crippen molar-refractivity contribution in [2.75, 3.05) is 7.11 Å². The number of hydrogen-bond acceptors (Lipinski definition) is 4. The summed E-state index contributed by atoms with van der Waals surface area (Å²) < 4.78 is 9.85. The Kier molecular flexibility index (Phi) is 9.50. The molecule has 0 radical (unpaired) electrons. The number of ether oxygens (including phenoxy) is 2. The molecule has 0 aliphatic heterocycles. The third kappa shape index (κ3) is 10.9. The van der Waals surface area contributed by atoms with Crippen LogP contribution in [0.2, 0.25) is 0 Å². The van der Waals surface area contributed by atoms with Crippen LogP contribution in [0.4, 0.5) is 4.79 Å². The molecule has 0 saturated carbocycles. The molecule has 21 heavy (non-hydrogen) atoms. The molecule has 5 nitrogen and oxygen atoms in total. The maximum atomic E-state index is 11.7. The van der Waals surface area contributed by atoms with Crippen molar-refractivity contribution < 1.29 is 19.1 Å². The van der Waals surface area contributed by atoms with Crippen molar-refractivity contribution >= 4 is 12.1 Å². The number of esters is 1. The van der Waals surface area contributed by atoms with E-state index in [1.54, 1.807) is 20.8 Å². The van der Waals surface area contributed by atoms with Gasteiger partial charge >= 0.3 is 12.1 Å². The van der Waals surface area contributed by atoms with Crippen molar-refractivity contribution in [3.63, 3.8) is 0 Å². The van der Waals surface area contributed by atoms with Crippen molar-refractivity contribution in [3.8, 4) is 0 Å². The number of hydrogen-bond donors (Lipinski definition) is 1. The highest BCUT2D eigenvalue weighted by Crippen LogP contribution is 2.08. The molecular weight excluding hydrogens is 270 g/mol. The average Bonchev–Trinajstić information content (AvgIpc) is 2.38. The number of carbonyl (C=O) groups is 2. The summed E-state index contributed by atoms with van der Waals surface area (Å²) in [5.74, 6) is -0.456. The molecule has 0 heterocycles. The van der Waals surface area contributed by atoms with Crippen LogP contribution < -0.4 is 5.32 Å². The van der Waals surface area contributed by atoms with E-state index >= 15 is 0 Å². The molecule has 0 saturated heterocycles. The lowest BCUT2D eigenvalue weighted by atomic mass is 10.1. The third-order valence-electron chi connectivity index (χ3n) is 2.69. The zero-order chi connectivity index (χ0) is 16.3. The van der Waals surface area contributed by atoms with Crippen molar-refractivity contribution in [2.24, 2.45) is 0 Å². The normalized spacial score (nSPS) is 13.0. The van der Waals surface area contributed by atoms with E-state index < -0.39 is 23.7 Å². The molecule has 1 amide bonds. The van der Waals surface area contributed by atoms with Gasteiger partial charge in [0.05, 0.1) is 7.11 Å². The van der Waals surface area contributed by atoms with Gasteiger partial charge in [0.15, 0.2) is 0 Å². The van der Waals surface area contributed by atoms with Crippen LogP contribution in [0, 0.1) is 0 Å². The first-order chi connectivity index (χ1) is 9.80. The minimum atomic E-state index is -0.680. The van der Waals surface area contributed by atoms with E-state index in [0.29, 0.717) is 12.8 Å². The Bertz CT molecular complexity index is 345. The van der Waals surface area contributed by atoms with E-state index in [4.69, 9.17) is 9.47 Å². The van der Waals surface area contributed by atoms with Crippen LogP contribution in [-0.2, 0) is 14.3 Å².